The van der Waals surface area contributed by atoms with Crippen LogP contribution in [0.5, 0.6) is 0 Å². The third kappa shape index (κ3) is 4.27. The molecule has 1 aromatic heterocycles. The van der Waals surface area contributed by atoms with Crippen LogP contribution in [0.15, 0.2) is 64.1 Å². The van der Waals surface area contributed by atoms with Gasteiger partial charge in [-0.25, -0.2) is 5.43 Å². The van der Waals surface area contributed by atoms with E-state index in [1.54, 1.807) is 49.4 Å². The predicted molar refractivity (Wildman–Crippen MR) is 102 cm³/mol. The number of rotatable bonds is 5. The summed E-state index contributed by atoms with van der Waals surface area (Å²) in [6.07, 6.45) is 1.37. The van der Waals surface area contributed by atoms with Crippen molar-refractivity contribution in [2.45, 2.75) is 13.8 Å². The minimum Gasteiger partial charge on any atom is -0.455 e. The standard InChI is InChI=1S/C20H17N3O4/c1-13-4-3-5-16(10-13)20(24)22-21-12-17-8-9-19(27-17)15-7-6-14(2)18(11-15)23(25)26/h3-12H,1-2H3,(H,22,24)/b21-12+. The topological polar surface area (TPSA) is 97.7 Å². The minimum absolute atomic E-state index is 0.0320. The first-order valence-electron chi connectivity index (χ1n) is 8.19. The second-order valence-corrected chi connectivity index (χ2v) is 6.03. The molecule has 1 N–H and O–H groups in total. The smallest absolute Gasteiger partial charge is 0.273 e. The fourth-order valence-electron chi connectivity index (χ4n) is 2.54. The van der Waals surface area contributed by atoms with Gasteiger partial charge in [-0.15, -0.1) is 0 Å². The molecular weight excluding hydrogens is 346 g/mol. The highest BCUT2D eigenvalue weighted by Crippen LogP contribution is 2.27. The van der Waals surface area contributed by atoms with Gasteiger partial charge in [-0.2, -0.15) is 5.10 Å². The van der Waals surface area contributed by atoms with Crippen LogP contribution in [0.2, 0.25) is 0 Å². The highest BCUT2D eigenvalue weighted by molar-refractivity contribution is 5.94. The van der Waals surface area contributed by atoms with E-state index in [2.05, 4.69) is 10.5 Å². The summed E-state index contributed by atoms with van der Waals surface area (Å²) < 4.78 is 5.63. The summed E-state index contributed by atoms with van der Waals surface area (Å²) in [6, 6.07) is 15.4. The number of amides is 1. The van der Waals surface area contributed by atoms with Gasteiger partial charge in [-0.3, -0.25) is 14.9 Å². The van der Waals surface area contributed by atoms with Crippen LogP contribution in [0.25, 0.3) is 11.3 Å². The third-order valence-corrected chi connectivity index (χ3v) is 3.96. The van der Waals surface area contributed by atoms with E-state index in [0.717, 1.165) is 5.56 Å². The van der Waals surface area contributed by atoms with Crippen molar-refractivity contribution in [3.8, 4) is 11.3 Å². The van der Waals surface area contributed by atoms with Gasteiger partial charge in [0.1, 0.15) is 11.5 Å². The van der Waals surface area contributed by atoms with E-state index < -0.39 is 4.92 Å². The fourth-order valence-corrected chi connectivity index (χ4v) is 2.54. The lowest BCUT2D eigenvalue weighted by molar-refractivity contribution is -0.385. The highest BCUT2D eigenvalue weighted by atomic mass is 16.6. The maximum absolute atomic E-state index is 12.0. The van der Waals surface area contributed by atoms with Crippen molar-refractivity contribution in [3.63, 3.8) is 0 Å². The molecule has 1 amide bonds. The molecule has 0 saturated carbocycles. The molecule has 0 aliphatic heterocycles. The maximum Gasteiger partial charge on any atom is 0.273 e. The number of nitrogens with zero attached hydrogens (tertiary/aromatic N) is 2. The summed E-state index contributed by atoms with van der Waals surface area (Å²) in [5.74, 6) is 0.568. The van der Waals surface area contributed by atoms with Gasteiger partial charge in [0.25, 0.3) is 11.6 Å². The number of carbonyl (C=O) groups excluding carboxylic acids is 1. The van der Waals surface area contributed by atoms with Crippen LogP contribution in [-0.2, 0) is 0 Å². The Balaban J connectivity index is 1.71. The van der Waals surface area contributed by atoms with Crippen molar-refractivity contribution in [1.82, 2.24) is 5.43 Å². The normalized spacial score (nSPS) is 10.9. The van der Waals surface area contributed by atoms with Crippen LogP contribution in [0.4, 0.5) is 5.69 Å². The van der Waals surface area contributed by atoms with Gasteiger partial charge < -0.3 is 4.42 Å². The fraction of sp³-hybridized carbons (Fsp3) is 0.100. The number of aryl methyl sites for hydroxylation is 2. The Morgan fingerprint density at radius 3 is 2.70 bits per heavy atom. The van der Waals surface area contributed by atoms with Crippen molar-refractivity contribution in [3.05, 3.63) is 87.2 Å². The zero-order chi connectivity index (χ0) is 19.4. The van der Waals surface area contributed by atoms with Crippen molar-refractivity contribution < 1.29 is 14.1 Å². The molecule has 3 rings (SSSR count). The number of benzene rings is 2. The summed E-state index contributed by atoms with van der Waals surface area (Å²) in [6.45, 7) is 3.58. The molecule has 27 heavy (non-hydrogen) atoms. The molecule has 0 spiro atoms. The third-order valence-electron chi connectivity index (χ3n) is 3.96. The summed E-state index contributed by atoms with van der Waals surface area (Å²) in [5, 5.41) is 15.0. The van der Waals surface area contributed by atoms with E-state index in [-0.39, 0.29) is 11.6 Å². The van der Waals surface area contributed by atoms with Crippen LogP contribution < -0.4 is 5.43 Å². The Morgan fingerprint density at radius 2 is 1.96 bits per heavy atom. The Labute approximate surface area is 155 Å². The van der Waals surface area contributed by atoms with E-state index in [1.165, 1.54) is 12.3 Å². The van der Waals surface area contributed by atoms with Crippen LogP contribution in [-0.4, -0.2) is 17.0 Å². The molecule has 0 bridgehead atoms. The van der Waals surface area contributed by atoms with Crippen LogP contribution in [0.3, 0.4) is 0 Å². The van der Waals surface area contributed by atoms with E-state index in [4.69, 9.17) is 4.42 Å². The highest BCUT2D eigenvalue weighted by Gasteiger charge is 2.13. The van der Waals surface area contributed by atoms with Crippen molar-refractivity contribution in [2.24, 2.45) is 5.10 Å². The average Bonchev–Trinajstić information content (AvgIpc) is 3.10. The molecular formula is C20H17N3O4. The summed E-state index contributed by atoms with van der Waals surface area (Å²) in [4.78, 5) is 22.7. The number of carbonyl (C=O) groups is 1. The Hall–Kier alpha value is -3.74. The minimum atomic E-state index is -0.426. The Morgan fingerprint density at radius 1 is 1.15 bits per heavy atom. The summed E-state index contributed by atoms with van der Waals surface area (Å²) in [7, 11) is 0. The van der Waals surface area contributed by atoms with E-state index in [9.17, 15) is 14.9 Å². The first-order chi connectivity index (χ1) is 12.9. The van der Waals surface area contributed by atoms with Crippen molar-refractivity contribution in [1.29, 1.82) is 0 Å². The van der Waals surface area contributed by atoms with E-state index in [0.29, 0.717) is 28.2 Å². The number of furan rings is 1. The molecule has 0 fully saturated rings. The molecule has 136 valence electrons. The first-order valence-corrected chi connectivity index (χ1v) is 8.19. The number of nitrogens with one attached hydrogen (secondary N) is 1. The number of hydrazone groups is 1. The number of hydrogen-bond donors (Lipinski definition) is 1. The zero-order valence-electron chi connectivity index (χ0n) is 14.8. The van der Waals surface area contributed by atoms with Gasteiger partial charge in [0.2, 0.25) is 0 Å². The summed E-state index contributed by atoms with van der Waals surface area (Å²) in [5.41, 5.74) is 5.14. The monoisotopic (exact) mass is 363 g/mol. The van der Waals surface area contributed by atoms with Gasteiger partial charge in [-0.05, 0) is 38.1 Å². The van der Waals surface area contributed by atoms with Crippen molar-refractivity contribution >= 4 is 17.8 Å². The second kappa shape index (κ2) is 7.65. The molecule has 0 aliphatic carbocycles. The SMILES string of the molecule is Cc1cccc(C(=O)N/N=C/c2ccc(-c3ccc(C)c([N+](=O)[O-])c3)o2)c1. The van der Waals surface area contributed by atoms with Crippen LogP contribution in [0, 0.1) is 24.0 Å². The largest absolute Gasteiger partial charge is 0.455 e. The van der Waals surface area contributed by atoms with Gasteiger partial charge >= 0.3 is 0 Å². The number of nitro groups is 1. The Kier molecular flexibility index (Phi) is 5.12. The lowest BCUT2D eigenvalue weighted by Crippen LogP contribution is -2.17. The van der Waals surface area contributed by atoms with Crippen molar-refractivity contribution in [2.75, 3.05) is 0 Å². The van der Waals surface area contributed by atoms with Gasteiger partial charge in [0.05, 0.1) is 11.1 Å². The quantitative estimate of drug-likeness (QED) is 0.416. The van der Waals surface area contributed by atoms with E-state index in [1.807, 2.05) is 13.0 Å². The van der Waals surface area contributed by atoms with Gasteiger partial charge in [-0.1, -0.05) is 29.8 Å². The van der Waals surface area contributed by atoms with Crippen LogP contribution >= 0.6 is 0 Å². The molecule has 1 heterocycles. The lowest BCUT2D eigenvalue weighted by Gasteiger charge is -2.01. The molecule has 0 radical (unpaired) electrons. The van der Waals surface area contributed by atoms with Gasteiger partial charge in [0, 0.05) is 22.8 Å². The summed E-state index contributed by atoms with van der Waals surface area (Å²) >= 11 is 0. The molecule has 7 heteroatoms. The molecule has 0 aliphatic rings. The second-order valence-electron chi connectivity index (χ2n) is 6.03. The molecule has 0 atom stereocenters. The Bertz CT molecular complexity index is 1040. The van der Waals surface area contributed by atoms with Gasteiger partial charge in [0.15, 0.2) is 0 Å². The zero-order valence-corrected chi connectivity index (χ0v) is 14.8. The predicted octanol–water partition coefficient (Wildman–Crippen LogP) is 4.24. The molecule has 3 aromatic rings. The van der Waals surface area contributed by atoms with Crippen LogP contribution in [0.1, 0.15) is 27.2 Å². The van der Waals surface area contributed by atoms with E-state index >= 15 is 0 Å². The molecule has 0 saturated heterocycles. The lowest BCUT2D eigenvalue weighted by atomic mass is 10.1. The number of nitro benzene ring substituents is 1. The average molecular weight is 363 g/mol. The molecule has 7 nitrogen and oxygen atoms in total. The maximum atomic E-state index is 12.0. The molecule has 0 unspecified atom stereocenters. The number of hydrogen-bond acceptors (Lipinski definition) is 5. The first kappa shape index (κ1) is 18.1. The molecule has 2 aromatic carbocycles.